The van der Waals surface area contributed by atoms with Gasteiger partial charge in [0.2, 0.25) is 0 Å². The van der Waals surface area contributed by atoms with Gasteiger partial charge in [-0.3, -0.25) is 0 Å². The molecule has 70 valence electrons. The Labute approximate surface area is 72.7 Å². The third kappa shape index (κ3) is 3.84. The van der Waals surface area contributed by atoms with Gasteiger partial charge in [0.25, 0.3) is 6.08 Å². The Bertz CT molecular complexity index is 142. The highest BCUT2D eigenvalue weighted by Crippen LogP contribution is 2.27. The van der Waals surface area contributed by atoms with Crippen molar-refractivity contribution in [3.8, 4) is 0 Å². The summed E-state index contributed by atoms with van der Waals surface area (Å²) in [6.07, 6.45) is 7.48. The maximum absolute atomic E-state index is 11.7. The molecule has 0 aromatic carbocycles. The smallest absolute Gasteiger partial charge is 0.174 e. The van der Waals surface area contributed by atoms with E-state index in [2.05, 4.69) is 0 Å². The molecule has 0 bridgehead atoms. The molecule has 0 spiro atoms. The van der Waals surface area contributed by atoms with Crippen molar-refractivity contribution in [3.63, 3.8) is 0 Å². The van der Waals surface area contributed by atoms with E-state index in [1.165, 1.54) is 32.1 Å². The molecule has 0 aromatic heterocycles. The van der Waals surface area contributed by atoms with Crippen LogP contribution >= 0.6 is 0 Å². The van der Waals surface area contributed by atoms with E-state index in [1.807, 2.05) is 0 Å². The highest BCUT2D eigenvalue weighted by atomic mass is 19.3. The largest absolute Gasteiger partial charge is 0.266 e. The van der Waals surface area contributed by atoms with E-state index in [1.54, 1.807) is 0 Å². The molecular formula is C10H16F2. The van der Waals surface area contributed by atoms with Gasteiger partial charge in [0.15, 0.2) is 0 Å². The van der Waals surface area contributed by atoms with Crippen molar-refractivity contribution in [2.75, 3.05) is 0 Å². The van der Waals surface area contributed by atoms with Gasteiger partial charge in [0, 0.05) is 0 Å². The lowest BCUT2D eigenvalue weighted by molar-refractivity contribution is 0.338. The first-order valence-corrected chi connectivity index (χ1v) is 4.80. The van der Waals surface area contributed by atoms with E-state index in [4.69, 9.17) is 0 Å². The first kappa shape index (κ1) is 9.69. The van der Waals surface area contributed by atoms with Crippen LogP contribution in [0.1, 0.15) is 44.9 Å². The van der Waals surface area contributed by atoms with Gasteiger partial charge >= 0.3 is 0 Å². The fourth-order valence-corrected chi connectivity index (χ4v) is 1.90. The molecule has 2 heteroatoms. The van der Waals surface area contributed by atoms with Crippen LogP contribution in [0.25, 0.3) is 0 Å². The van der Waals surface area contributed by atoms with Gasteiger partial charge in [-0.05, 0) is 24.8 Å². The second-order valence-electron chi connectivity index (χ2n) is 3.58. The first-order valence-electron chi connectivity index (χ1n) is 4.80. The molecule has 0 aromatic rings. The third-order valence-corrected chi connectivity index (χ3v) is 2.60. The molecule has 1 saturated carbocycles. The van der Waals surface area contributed by atoms with E-state index in [-0.39, 0.29) is 0 Å². The average Bonchev–Trinajstić information content (AvgIpc) is 2.05. The zero-order valence-electron chi connectivity index (χ0n) is 7.36. The quantitative estimate of drug-likeness (QED) is 0.603. The number of hydrogen-bond donors (Lipinski definition) is 0. The molecule has 0 amide bonds. The maximum atomic E-state index is 11.7. The fourth-order valence-electron chi connectivity index (χ4n) is 1.90. The summed E-state index contributed by atoms with van der Waals surface area (Å²) >= 11 is 0. The van der Waals surface area contributed by atoms with Gasteiger partial charge in [-0.25, -0.2) is 0 Å². The van der Waals surface area contributed by atoms with Crippen LogP contribution in [-0.2, 0) is 0 Å². The zero-order valence-corrected chi connectivity index (χ0v) is 7.36. The first-order chi connectivity index (χ1) is 5.79. The SMILES string of the molecule is FC(F)=CCCC1CCCCC1. The van der Waals surface area contributed by atoms with Gasteiger partial charge < -0.3 is 0 Å². The number of hydrogen-bond acceptors (Lipinski definition) is 0. The van der Waals surface area contributed by atoms with Gasteiger partial charge in [0.05, 0.1) is 0 Å². The Kier molecular flexibility index (Phi) is 4.26. The summed E-state index contributed by atoms with van der Waals surface area (Å²) in [4.78, 5) is 0. The Morgan fingerprint density at radius 3 is 2.42 bits per heavy atom. The second kappa shape index (κ2) is 5.28. The summed E-state index contributed by atoms with van der Waals surface area (Å²) in [5.74, 6) is 0.717. The molecule has 1 rings (SSSR count). The number of halogens is 2. The van der Waals surface area contributed by atoms with Crippen LogP contribution < -0.4 is 0 Å². The lowest BCUT2D eigenvalue weighted by Gasteiger charge is -2.20. The Morgan fingerprint density at radius 1 is 1.17 bits per heavy atom. The third-order valence-electron chi connectivity index (χ3n) is 2.60. The van der Waals surface area contributed by atoms with Crippen molar-refractivity contribution in [2.45, 2.75) is 44.9 Å². The van der Waals surface area contributed by atoms with Crippen molar-refractivity contribution >= 4 is 0 Å². The van der Waals surface area contributed by atoms with E-state index >= 15 is 0 Å². The van der Waals surface area contributed by atoms with Crippen molar-refractivity contribution < 1.29 is 8.78 Å². The summed E-state index contributed by atoms with van der Waals surface area (Å²) in [5.41, 5.74) is 0. The molecule has 0 nitrogen and oxygen atoms in total. The fraction of sp³-hybridized carbons (Fsp3) is 0.800. The van der Waals surface area contributed by atoms with Gasteiger partial charge in [0.1, 0.15) is 0 Å². The minimum atomic E-state index is -1.52. The molecule has 1 aliphatic rings. The monoisotopic (exact) mass is 174 g/mol. The summed E-state index contributed by atoms with van der Waals surface area (Å²) in [7, 11) is 0. The minimum absolute atomic E-state index is 0.562. The lowest BCUT2D eigenvalue weighted by Crippen LogP contribution is -2.05. The molecule has 0 aliphatic heterocycles. The van der Waals surface area contributed by atoms with Crippen LogP contribution in [0.5, 0.6) is 0 Å². The standard InChI is InChI=1S/C10H16F2/c11-10(12)8-4-7-9-5-2-1-3-6-9/h8-9H,1-7H2. The van der Waals surface area contributed by atoms with Gasteiger partial charge in [-0.1, -0.05) is 32.1 Å². The van der Waals surface area contributed by atoms with E-state index in [9.17, 15) is 8.78 Å². The molecule has 0 saturated heterocycles. The molecular weight excluding hydrogens is 158 g/mol. The summed E-state index contributed by atoms with van der Waals surface area (Å²) in [6, 6.07) is 0. The van der Waals surface area contributed by atoms with Crippen LogP contribution in [0.3, 0.4) is 0 Å². The van der Waals surface area contributed by atoms with Gasteiger partial charge in [-0.2, -0.15) is 8.78 Å². The van der Waals surface area contributed by atoms with Crippen molar-refractivity contribution in [2.24, 2.45) is 5.92 Å². The molecule has 0 heterocycles. The molecule has 1 fully saturated rings. The number of allylic oxidation sites excluding steroid dienone is 1. The Balaban J connectivity index is 2.09. The molecule has 0 N–H and O–H groups in total. The molecule has 1 aliphatic carbocycles. The van der Waals surface area contributed by atoms with Crippen molar-refractivity contribution in [1.82, 2.24) is 0 Å². The topological polar surface area (TPSA) is 0 Å². The zero-order chi connectivity index (χ0) is 8.81. The van der Waals surface area contributed by atoms with Crippen molar-refractivity contribution in [1.29, 1.82) is 0 Å². The van der Waals surface area contributed by atoms with Crippen LogP contribution in [0.2, 0.25) is 0 Å². The minimum Gasteiger partial charge on any atom is -0.174 e. The van der Waals surface area contributed by atoms with Crippen molar-refractivity contribution in [3.05, 3.63) is 12.2 Å². The van der Waals surface area contributed by atoms with Gasteiger partial charge in [-0.15, -0.1) is 0 Å². The van der Waals surface area contributed by atoms with E-state index in [0.29, 0.717) is 12.3 Å². The molecule has 0 unspecified atom stereocenters. The summed E-state index contributed by atoms with van der Waals surface area (Å²) in [5, 5.41) is 0. The maximum Gasteiger partial charge on any atom is 0.266 e. The lowest BCUT2D eigenvalue weighted by atomic mass is 9.86. The van der Waals surface area contributed by atoms with Crippen LogP contribution in [0, 0.1) is 5.92 Å². The normalized spacial score (nSPS) is 19.2. The Morgan fingerprint density at radius 2 is 1.83 bits per heavy atom. The highest BCUT2D eigenvalue weighted by Gasteiger charge is 2.11. The predicted molar refractivity (Wildman–Crippen MR) is 46.1 cm³/mol. The summed E-state index contributed by atoms with van der Waals surface area (Å²) in [6.45, 7) is 0. The second-order valence-corrected chi connectivity index (χ2v) is 3.58. The number of rotatable bonds is 3. The predicted octanol–water partition coefficient (Wildman–Crippen LogP) is 4.13. The molecule has 12 heavy (non-hydrogen) atoms. The van der Waals surface area contributed by atoms with Crippen LogP contribution in [0.15, 0.2) is 12.2 Å². The average molecular weight is 174 g/mol. The molecule has 0 atom stereocenters. The Hall–Kier alpha value is -0.400. The van der Waals surface area contributed by atoms with Crippen LogP contribution in [0.4, 0.5) is 8.78 Å². The van der Waals surface area contributed by atoms with Crippen LogP contribution in [-0.4, -0.2) is 0 Å². The van der Waals surface area contributed by atoms with E-state index in [0.717, 1.165) is 12.5 Å². The highest BCUT2D eigenvalue weighted by molar-refractivity contribution is 4.81. The molecule has 0 radical (unpaired) electrons. The van der Waals surface area contributed by atoms with E-state index < -0.39 is 6.08 Å². The summed E-state index contributed by atoms with van der Waals surface area (Å²) < 4.78 is 23.3.